The molecule has 9 N–H and O–H groups in total. The van der Waals surface area contributed by atoms with Crippen LogP contribution in [0.3, 0.4) is 0 Å². The predicted octanol–water partition coefficient (Wildman–Crippen LogP) is 3.78. The molecule has 0 spiro atoms. The Labute approximate surface area is 326 Å². The van der Waals surface area contributed by atoms with Crippen LogP contribution in [0.4, 0.5) is 0 Å². The Bertz CT molecular complexity index is 1300. The van der Waals surface area contributed by atoms with Crippen molar-refractivity contribution in [2.75, 3.05) is 13.2 Å². The number of esters is 2. The van der Waals surface area contributed by atoms with Crippen LogP contribution < -0.4 is 0 Å². The average Bonchev–Trinajstić information content (AvgIpc) is 3.06. The van der Waals surface area contributed by atoms with E-state index >= 15 is 0 Å². The Kier molecular flexibility index (Phi) is 25.2. The van der Waals surface area contributed by atoms with Gasteiger partial charge in [-0.15, -0.1) is 0 Å². The van der Waals surface area contributed by atoms with Crippen LogP contribution in [0.2, 0.25) is 0 Å². The van der Waals surface area contributed by atoms with E-state index in [0.717, 1.165) is 32.1 Å². The number of aliphatic hydroxyl groups is 2. The Morgan fingerprint density at radius 1 is 0.500 bits per heavy atom. The molecule has 56 heavy (non-hydrogen) atoms. The average molecular weight is 897 g/mol. The molecule has 0 aromatic rings. The summed E-state index contributed by atoms with van der Waals surface area (Å²) in [6.07, 6.45) is -1.96. The van der Waals surface area contributed by atoms with Crippen molar-refractivity contribution in [2.24, 2.45) is 0 Å². The molecule has 0 aromatic carbocycles. The van der Waals surface area contributed by atoms with Gasteiger partial charge in [0.25, 0.3) is 0 Å². The first kappa shape index (κ1) is 53.3. The normalized spacial score (nSPS) is 23.7. The Hall–Kier alpha value is -0.700. The number of phosphoric ester groups is 4. The molecule has 0 heterocycles. The second-order valence-electron chi connectivity index (χ2n) is 13.4. The summed E-state index contributed by atoms with van der Waals surface area (Å²) in [6.45, 7) is 2.20. The molecule has 0 aromatic heterocycles. The van der Waals surface area contributed by atoms with Gasteiger partial charge in [-0.3, -0.25) is 32.2 Å². The van der Waals surface area contributed by atoms with E-state index in [9.17, 15) is 72.3 Å². The topological polar surface area (TPSA) is 349 Å². The minimum atomic E-state index is -5.77. The van der Waals surface area contributed by atoms with Crippen LogP contribution in [0.5, 0.6) is 0 Å². The fourth-order valence-electron chi connectivity index (χ4n) is 5.77. The van der Waals surface area contributed by atoms with Gasteiger partial charge in [-0.1, -0.05) is 97.3 Å². The van der Waals surface area contributed by atoms with Crippen LogP contribution >= 0.6 is 31.3 Å². The highest BCUT2D eigenvalue weighted by molar-refractivity contribution is 7.47. The molecule has 3 unspecified atom stereocenters. The summed E-state index contributed by atoms with van der Waals surface area (Å²) in [6, 6.07) is 0. The number of aliphatic hydroxyl groups excluding tert-OH is 2. The van der Waals surface area contributed by atoms with Crippen molar-refractivity contribution in [1.82, 2.24) is 0 Å². The molecule has 22 nitrogen and oxygen atoms in total. The second-order valence-corrected chi connectivity index (χ2v) is 18.4. The number of ether oxygens (including phenoxy) is 2. The molecule has 1 aliphatic rings. The second kappa shape index (κ2) is 26.5. The van der Waals surface area contributed by atoms with E-state index < -0.39 is 99.2 Å². The zero-order valence-corrected chi connectivity index (χ0v) is 35.2. The zero-order valence-electron chi connectivity index (χ0n) is 31.6. The molecule has 0 bridgehead atoms. The van der Waals surface area contributed by atoms with Crippen LogP contribution in [-0.4, -0.2) is 112 Å². The van der Waals surface area contributed by atoms with E-state index in [2.05, 4.69) is 20.5 Å². The van der Waals surface area contributed by atoms with E-state index in [4.69, 9.17) is 18.5 Å². The van der Waals surface area contributed by atoms with Crippen LogP contribution in [0.25, 0.3) is 0 Å². The summed E-state index contributed by atoms with van der Waals surface area (Å²) < 4.78 is 80.6. The first-order valence-corrected chi connectivity index (χ1v) is 24.7. The van der Waals surface area contributed by atoms with Crippen molar-refractivity contribution < 1.29 is 104 Å². The largest absolute Gasteiger partial charge is 0.472 e. The minimum absolute atomic E-state index is 0.0377. The summed E-state index contributed by atoms with van der Waals surface area (Å²) in [4.78, 5) is 90.9. The number of hydrogen-bond acceptors (Lipinski definition) is 15. The number of hydrogen-bond donors (Lipinski definition) is 9. The third-order valence-electron chi connectivity index (χ3n) is 8.37. The van der Waals surface area contributed by atoms with E-state index in [1.807, 2.05) is 0 Å². The Balaban J connectivity index is 2.82. The van der Waals surface area contributed by atoms with Crippen molar-refractivity contribution in [3.63, 3.8) is 0 Å². The highest BCUT2D eigenvalue weighted by Crippen LogP contribution is 2.53. The lowest BCUT2D eigenvalue weighted by molar-refractivity contribution is -0.209. The summed E-state index contributed by atoms with van der Waals surface area (Å²) in [5, 5.41) is 21.5. The molecule has 332 valence electrons. The number of rotatable bonds is 31. The van der Waals surface area contributed by atoms with Gasteiger partial charge in [0.1, 0.15) is 43.2 Å². The maximum Gasteiger partial charge on any atom is 0.472 e. The van der Waals surface area contributed by atoms with Crippen molar-refractivity contribution in [3.8, 4) is 0 Å². The van der Waals surface area contributed by atoms with Crippen molar-refractivity contribution in [2.45, 2.75) is 166 Å². The van der Waals surface area contributed by atoms with Gasteiger partial charge < -0.3 is 53.9 Å². The molecule has 0 radical (unpaired) electrons. The van der Waals surface area contributed by atoms with E-state index in [1.165, 1.54) is 51.4 Å². The lowest BCUT2D eigenvalue weighted by Crippen LogP contribution is -2.65. The van der Waals surface area contributed by atoms with Gasteiger partial charge in [0.2, 0.25) is 0 Å². The van der Waals surface area contributed by atoms with Crippen molar-refractivity contribution in [3.05, 3.63) is 0 Å². The quantitative estimate of drug-likeness (QED) is 0.0271. The lowest BCUT2D eigenvalue weighted by Gasteiger charge is -2.45. The molecule has 1 fully saturated rings. The fraction of sp³-hybridized carbons (Fsp3) is 0.933. The van der Waals surface area contributed by atoms with Gasteiger partial charge in [0.15, 0.2) is 6.10 Å². The van der Waals surface area contributed by atoms with Gasteiger partial charge in [-0.25, -0.2) is 18.3 Å². The number of phosphoric acid groups is 4. The SMILES string of the molecule is CCCCCCCCCCCCCCCCC(=O)OC[C@H](COP(=O)(O)OC1[C@H](O)[C@H](OP(=O)(O)O)C(OP(=O)(O)O)[C@H](OP(=O)(O)O)[C@H]1O)OC(=O)CCC. The Morgan fingerprint density at radius 3 is 1.32 bits per heavy atom. The standard InChI is InChI=1S/C30H60O22P4/c1-3-5-6-7-8-9-10-11-12-13-14-15-16-17-19-23(31)46-20-22(48-24(32)18-4-2)21-47-56(44,45)52-27-25(33)28(49-53(35,36)37)30(51-55(41,42)43)29(26(27)34)50-54(38,39)40/h22,25-30,33-34H,3-21H2,1-2H3,(H,44,45)(H2,35,36,37)(H2,38,39,40)(H2,41,42,43)/t22-,25+,26+,27?,28-,29+,30?/m1/s1. The Morgan fingerprint density at radius 2 is 0.911 bits per heavy atom. The first-order chi connectivity index (χ1) is 26.0. The summed E-state index contributed by atoms with van der Waals surface area (Å²) in [5.41, 5.74) is 0. The molecule has 1 aliphatic carbocycles. The lowest BCUT2D eigenvalue weighted by atomic mass is 9.85. The van der Waals surface area contributed by atoms with Crippen LogP contribution in [0.15, 0.2) is 0 Å². The molecular formula is C30H60O22P4. The van der Waals surface area contributed by atoms with Gasteiger partial charge in [-0.2, -0.15) is 0 Å². The molecule has 0 saturated heterocycles. The zero-order chi connectivity index (χ0) is 42.6. The smallest absolute Gasteiger partial charge is 0.462 e. The maximum absolute atomic E-state index is 13.0. The molecule has 1 saturated carbocycles. The van der Waals surface area contributed by atoms with Crippen LogP contribution in [0, 0.1) is 0 Å². The third-order valence-corrected chi connectivity index (χ3v) is 10.9. The maximum atomic E-state index is 13.0. The summed E-state index contributed by atoms with van der Waals surface area (Å²) >= 11 is 0. The molecule has 1 rings (SSSR count). The van der Waals surface area contributed by atoms with E-state index in [-0.39, 0.29) is 12.8 Å². The number of carbonyl (C=O) groups is 2. The minimum Gasteiger partial charge on any atom is -0.462 e. The van der Waals surface area contributed by atoms with Gasteiger partial charge in [0, 0.05) is 12.8 Å². The highest BCUT2D eigenvalue weighted by atomic mass is 31.2. The van der Waals surface area contributed by atoms with E-state index in [0.29, 0.717) is 12.8 Å². The van der Waals surface area contributed by atoms with Crippen LogP contribution in [0.1, 0.15) is 123 Å². The number of carbonyl (C=O) groups excluding carboxylic acids is 2. The highest BCUT2D eigenvalue weighted by Gasteiger charge is 2.59. The molecule has 0 amide bonds. The third kappa shape index (κ3) is 24.4. The molecular weight excluding hydrogens is 836 g/mol. The summed E-state index contributed by atoms with van der Waals surface area (Å²) in [7, 11) is -22.9. The molecule has 0 aliphatic heterocycles. The van der Waals surface area contributed by atoms with E-state index in [1.54, 1.807) is 6.92 Å². The first-order valence-electron chi connectivity index (χ1n) is 18.6. The van der Waals surface area contributed by atoms with Crippen LogP contribution in [-0.2, 0) is 59.9 Å². The van der Waals surface area contributed by atoms with Crippen molar-refractivity contribution in [1.29, 1.82) is 0 Å². The fourth-order valence-corrected chi connectivity index (χ4v) is 8.42. The molecule has 26 heteroatoms. The van der Waals surface area contributed by atoms with Gasteiger partial charge in [0.05, 0.1) is 6.61 Å². The monoisotopic (exact) mass is 896 g/mol. The predicted molar refractivity (Wildman–Crippen MR) is 194 cm³/mol. The number of unbranched alkanes of at least 4 members (excludes halogenated alkanes) is 13. The van der Waals surface area contributed by atoms with Crippen molar-refractivity contribution >= 4 is 43.2 Å². The van der Waals surface area contributed by atoms with Gasteiger partial charge in [-0.05, 0) is 12.8 Å². The molecule has 8 atom stereocenters. The summed E-state index contributed by atoms with van der Waals surface area (Å²) in [5.74, 6) is -1.46. The van der Waals surface area contributed by atoms with Gasteiger partial charge >= 0.3 is 43.2 Å².